The van der Waals surface area contributed by atoms with Gasteiger partial charge in [-0.25, -0.2) is 0 Å². The van der Waals surface area contributed by atoms with Crippen molar-refractivity contribution in [2.75, 3.05) is 0 Å². The molecular formula is C11H14. The molecule has 1 aromatic rings. The Kier molecular flexibility index (Phi) is 2.70. The molecule has 0 amide bonds. The minimum atomic E-state index is 0.937. The maximum Gasteiger partial charge on any atom is -0.000901 e. The zero-order chi connectivity index (χ0) is 8.27. The SMILES string of the molecule is [CH]c1cccc(CC)c1CC. The first-order valence-electron chi connectivity index (χ1n) is 4.15. The van der Waals surface area contributed by atoms with Crippen LogP contribution in [0.5, 0.6) is 0 Å². The fourth-order valence-corrected chi connectivity index (χ4v) is 1.42. The summed E-state index contributed by atoms with van der Waals surface area (Å²) in [5, 5.41) is 0. The highest BCUT2D eigenvalue weighted by Crippen LogP contribution is 2.14. The minimum Gasteiger partial charge on any atom is -0.0617 e. The Balaban J connectivity index is 3.13. The smallest absolute Gasteiger partial charge is 0.000901 e. The molecule has 0 saturated carbocycles. The highest BCUT2D eigenvalue weighted by atomic mass is 14.0. The van der Waals surface area contributed by atoms with E-state index < -0.39 is 0 Å². The molecule has 0 fully saturated rings. The van der Waals surface area contributed by atoms with Crippen LogP contribution in [0.3, 0.4) is 0 Å². The third-order valence-electron chi connectivity index (χ3n) is 2.04. The normalized spacial score (nSPS) is 10.1. The molecule has 0 aliphatic carbocycles. The van der Waals surface area contributed by atoms with Crippen LogP contribution < -0.4 is 0 Å². The lowest BCUT2D eigenvalue weighted by atomic mass is 9.98. The molecule has 1 rings (SSSR count). The maximum atomic E-state index is 5.81. The van der Waals surface area contributed by atoms with Crippen LogP contribution in [0.25, 0.3) is 0 Å². The van der Waals surface area contributed by atoms with Crippen molar-refractivity contribution >= 4 is 0 Å². The zero-order valence-corrected chi connectivity index (χ0v) is 7.22. The van der Waals surface area contributed by atoms with Gasteiger partial charge >= 0.3 is 0 Å². The average Bonchev–Trinajstić information content (AvgIpc) is 2.04. The predicted octanol–water partition coefficient (Wildman–Crippen LogP) is 2.87. The van der Waals surface area contributed by atoms with Crippen molar-refractivity contribution in [3.05, 3.63) is 41.8 Å². The molecule has 0 N–H and O–H groups in total. The van der Waals surface area contributed by atoms with Crippen LogP contribution in [0, 0.1) is 6.92 Å². The Labute approximate surface area is 69.3 Å². The molecule has 0 heterocycles. The van der Waals surface area contributed by atoms with E-state index in [9.17, 15) is 0 Å². The number of aryl methyl sites for hydroxylation is 1. The van der Waals surface area contributed by atoms with Crippen molar-refractivity contribution < 1.29 is 0 Å². The summed E-state index contributed by atoms with van der Waals surface area (Å²) >= 11 is 0. The van der Waals surface area contributed by atoms with Gasteiger partial charge in [0.2, 0.25) is 0 Å². The van der Waals surface area contributed by atoms with Crippen LogP contribution >= 0.6 is 0 Å². The summed E-state index contributed by atoms with van der Waals surface area (Å²) in [5.41, 5.74) is 3.63. The standard InChI is InChI=1S/C11H14/c1-4-10-8-6-7-9(3)11(10)5-2/h3,6-8H,4-5H2,1-2H3. The van der Waals surface area contributed by atoms with Gasteiger partial charge in [0.25, 0.3) is 0 Å². The molecule has 0 heteroatoms. The van der Waals surface area contributed by atoms with E-state index in [-0.39, 0.29) is 0 Å². The van der Waals surface area contributed by atoms with Gasteiger partial charge in [-0.3, -0.25) is 0 Å². The monoisotopic (exact) mass is 146 g/mol. The van der Waals surface area contributed by atoms with Crippen molar-refractivity contribution in [3.63, 3.8) is 0 Å². The largest absolute Gasteiger partial charge is 0.0617 e. The third kappa shape index (κ3) is 1.62. The lowest BCUT2D eigenvalue weighted by Crippen LogP contribution is -1.93. The summed E-state index contributed by atoms with van der Waals surface area (Å²) in [6.07, 6.45) is 2.12. The van der Waals surface area contributed by atoms with Gasteiger partial charge in [0.05, 0.1) is 0 Å². The second kappa shape index (κ2) is 3.56. The Morgan fingerprint density at radius 1 is 1.18 bits per heavy atom. The van der Waals surface area contributed by atoms with Crippen molar-refractivity contribution in [2.24, 2.45) is 0 Å². The molecule has 0 nitrogen and oxygen atoms in total. The van der Waals surface area contributed by atoms with Gasteiger partial charge in [-0.05, 0) is 36.5 Å². The first kappa shape index (κ1) is 8.32. The summed E-state index contributed by atoms with van der Waals surface area (Å²) < 4.78 is 0. The van der Waals surface area contributed by atoms with Gasteiger partial charge in [-0.2, -0.15) is 0 Å². The van der Waals surface area contributed by atoms with Gasteiger partial charge in [0.15, 0.2) is 0 Å². The molecule has 0 aliphatic heterocycles. The van der Waals surface area contributed by atoms with E-state index in [2.05, 4.69) is 19.9 Å². The highest BCUT2D eigenvalue weighted by Gasteiger charge is 1.99. The van der Waals surface area contributed by atoms with Crippen LogP contribution in [0.15, 0.2) is 18.2 Å². The third-order valence-corrected chi connectivity index (χ3v) is 2.04. The van der Waals surface area contributed by atoms with Crippen molar-refractivity contribution in [3.8, 4) is 0 Å². The van der Waals surface area contributed by atoms with Gasteiger partial charge in [-0.15, -0.1) is 0 Å². The van der Waals surface area contributed by atoms with Gasteiger partial charge < -0.3 is 0 Å². The summed E-state index contributed by atoms with van der Waals surface area (Å²) in [6, 6.07) is 6.14. The van der Waals surface area contributed by atoms with Crippen LogP contribution in [0.1, 0.15) is 30.5 Å². The summed E-state index contributed by atoms with van der Waals surface area (Å²) in [6.45, 7) is 10.1. The van der Waals surface area contributed by atoms with Crippen LogP contribution in [0.2, 0.25) is 0 Å². The summed E-state index contributed by atoms with van der Waals surface area (Å²) in [5.74, 6) is 0. The van der Waals surface area contributed by atoms with Gasteiger partial charge in [0.1, 0.15) is 0 Å². The number of hydrogen-bond acceptors (Lipinski definition) is 0. The Morgan fingerprint density at radius 3 is 2.36 bits per heavy atom. The average molecular weight is 146 g/mol. The molecule has 1 aromatic carbocycles. The summed E-state index contributed by atoms with van der Waals surface area (Å²) in [4.78, 5) is 0. The fourth-order valence-electron chi connectivity index (χ4n) is 1.42. The number of benzene rings is 1. The predicted molar refractivity (Wildman–Crippen MR) is 48.6 cm³/mol. The molecule has 0 aromatic heterocycles. The molecule has 0 spiro atoms. The van der Waals surface area contributed by atoms with Gasteiger partial charge in [-0.1, -0.05) is 32.0 Å². The molecule has 0 bridgehead atoms. The molecule has 11 heavy (non-hydrogen) atoms. The van der Waals surface area contributed by atoms with E-state index in [0.29, 0.717) is 0 Å². The number of rotatable bonds is 2. The van der Waals surface area contributed by atoms with Crippen LogP contribution in [-0.4, -0.2) is 0 Å². The molecule has 0 aliphatic rings. The lowest BCUT2D eigenvalue weighted by Gasteiger charge is -2.07. The zero-order valence-electron chi connectivity index (χ0n) is 7.22. The highest BCUT2D eigenvalue weighted by molar-refractivity contribution is 5.36. The maximum absolute atomic E-state index is 5.81. The molecular weight excluding hydrogens is 132 g/mol. The second-order valence-electron chi connectivity index (χ2n) is 2.69. The van der Waals surface area contributed by atoms with Gasteiger partial charge in [0, 0.05) is 0 Å². The van der Waals surface area contributed by atoms with E-state index in [0.717, 1.165) is 18.4 Å². The Bertz CT molecular complexity index is 236. The molecule has 0 saturated heterocycles. The van der Waals surface area contributed by atoms with Crippen LogP contribution in [0.4, 0.5) is 0 Å². The molecule has 2 radical (unpaired) electrons. The minimum absolute atomic E-state index is 0.937. The molecule has 0 atom stereocenters. The Morgan fingerprint density at radius 2 is 1.91 bits per heavy atom. The van der Waals surface area contributed by atoms with Crippen molar-refractivity contribution in [2.45, 2.75) is 26.7 Å². The fraction of sp³-hybridized carbons (Fsp3) is 0.364. The Hall–Kier alpha value is -0.780. The summed E-state index contributed by atoms with van der Waals surface area (Å²) in [7, 11) is 0. The molecule has 0 unspecified atom stereocenters. The van der Waals surface area contributed by atoms with E-state index in [1.54, 1.807) is 0 Å². The van der Waals surface area contributed by atoms with E-state index in [1.165, 1.54) is 11.1 Å². The van der Waals surface area contributed by atoms with Crippen molar-refractivity contribution in [1.29, 1.82) is 0 Å². The second-order valence-corrected chi connectivity index (χ2v) is 2.69. The quantitative estimate of drug-likeness (QED) is 0.602. The first-order chi connectivity index (χ1) is 5.29. The van der Waals surface area contributed by atoms with E-state index in [4.69, 9.17) is 6.92 Å². The van der Waals surface area contributed by atoms with Crippen LogP contribution in [-0.2, 0) is 12.8 Å². The van der Waals surface area contributed by atoms with E-state index in [1.807, 2.05) is 12.1 Å². The first-order valence-corrected chi connectivity index (χ1v) is 4.15. The van der Waals surface area contributed by atoms with Crippen molar-refractivity contribution in [1.82, 2.24) is 0 Å². The number of hydrogen-bond donors (Lipinski definition) is 0. The lowest BCUT2D eigenvalue weighted by molar-refractivity contribution is 1.03. The topological polar surface area (TPSA) is 0 Å². The molecule has 58 valence electrons. The van der Waals surface area contributed by atoms with E-state index >= 15 is 0 Å².